The van der Waals surface area contributed by atoms with Gasteiger partial charge in [-0.2, -0.15) is 0 Å². The van der Waals surface area contributed by atoms with Crippen molar-refractivity contribution in [1.82, 2.24) is 10.2 Å². The van der Waals surface area contributed by atoms with Gasteiger partial charge in [-0.3, -0.25) is 0 Å². The minimum absolute atomic E-state index is 0.421. The molecule has 0 saturated heterocycles. The second-order valence-corrected chi connectivity index (χ2v) is 4.14. The Kier molecular flexibility index (Phi) is 2.46. The van der Waals surface area contributed by atoms with Gasteiger partial charge in [0, 0.05) is 0 Å². The molecule has 0 spiro atoms. The van der Waals surface area contributed by atoms with Gasteiger partial charge in [0.2, 0.25) is 0 Å². The lowest BCUT2D eigenvalue weighted by Gasteiger charge is -1.96. The molecule has 12 heavy (non-hydrogen) atoms. The molecule has 1 aromatic heterocycles. The average molecular weight is 205 g/mol. The molecule has 0 radical (unpaired) electrons. The molecular formula is C7H9ClN2OS. The van der Waals surface area contributed by atoms with Crippen LogP contribution < -0.4 is 4.74 Å². The van der Waals surface area contributed by atoms with Gasteiger partial charge < -0.3 is 4.74 Å². The fraction of sp³-hybridized carbons (Fsp3) is 0.714. The average Bonchev–Trinajstić information content (AvgIpc) is 2.81. The van der Waals surface area contributed by atoms with Crippen molar-refractivity contribution < 1.29 is 4.74 Å². The van der Waals surface area contributed by atoms with Crippen LogP contribution in [0.3, 0.4) is 0 Å². The van der Waals surface area contributed by atoms with Crippen LogP contribution in [0.1, 0.15) is 17.8 Å². The molecule has 0 amide bonds. The first-order chi connectivity index (χ1) is 5.88. The lowest BCUT2D eigenvalue weighted by atomic mass is 10.5. The topological polar surface area (TPSA) is 35.0 Å². The molecule has 1 aliphatic rings. The highest BCUT2D eigenvalue weighted by atomic mass is 35.5. The van der Waals surface area contributed by atoms with Crippen molar-refractivity contribution >= 4 is 22.9 Å². The van der Waals surface area contributed by atoms with E-state index in [1.54, 1.807) is 0 Å². The molecule has 0 unspecified atom stereocenters. The van der Waals surface area contributed by atoms with Crippen LogP contribution in [0.15, 0.2) is 0 Å². The molecule has 3 nitrogen and oxygen atoms in total. The molecular weight excluding hydrogens is 196 g/mol. The molecule has 0 N–H and O–H groups in total. The summed E-state index contributed by atoms with van der Waals surface area (Å²) in [4.78, 5) is 0. The van der Waals surface area contributed by atoms with Crippen molar-refractivity contribution in [3.63, 3.8) is 0 Å². The Labute approximate surface area is 79.7 Å². The highest BCUT2D eigenvalue weighted by Crippen LogP contribution is 2.30. The first kappa shape index (κ1) is 8.26. The van der Waals surface area contributed by atoms with Crippen LogP contribution in [0.25, 0.3) is 0 Å². The van der Waals surface area contributed by atoms with Gasteiger partial charge in [-0.05, 0) is 18.8 Å². The number of ether oxygens (including phenoxy) is 1. The minimum Gasteiger partial charge on any atom is -0.469 e. The SMILES string of the molecule is ClCc1nnc(OCC2CC2)s1. The third-order valence-corrected chi connectivity index (χ3v) is 2.95. The second-order valence-electron chi connectivity index (χ2n) is 2.85. The van der Waals surface area contributed by atoms with E-state index in [4.69, 9.17) is 16.3 Å². The van der Waals surface area contributed by atoms with Crippen LogP contribution >= 0.6 is 22.9 Å². The third kappa shape index (κ3) is 2.08. The van der Waals surface area contributed by atoms with Gasteiger partial charge in [-0.1, -0.05) is 11.3 Å². The van der Waals surface area contributed by atoms with E-state index in [0.717, 1.165) is 17.5 Å². The highest BCUT2D eigenvalue weighted by Gasteiger charge is 2.22. The van der Waals surface area contributed by atoms with E-state index in [0.29, 0.717) is 11.1 Å². The minimum atomic E-state index is 0.421. The van der Waals surface area contributed by atoms with Gasteiger partial charge in [-0.25, -0.2) is 0 Å². The van der Waals surface area contributed by atoms with Crippen LogP contribution in [0.4, 0.5) is 0 Å². The molecule has 0 aromatic carbocycles. The van der Waals surface area contributed by atoms with E-state index in [-0.39, 0.29) is 0 Å². The van der Waals surface area contributed by atoms with Crippen LogP contribution in [0.5, 0.6) is 5.19 Å². The molecule has 0 bridgehead atoms. The second kappa shape index (κ2) is 3.58. The number of halogens is 1. The molecule has 0 atom stereocenters. The molecule has 2 rings (SSSR count). The summed E-state index contributed by atoms with van der Waals surface area (Å²) in [7, 11) is 0. The number of alkyl halides is 1. The summed E-state index contributed by atoms with van der Waals surface area (Å²) < 4.78 is 5.40. The van der Waals surface area contributed by atoms with Gasteiger partial charge in [0.15, 0.2) is 0 Å². The Bertz CT molecular complexity index is 262. The Balaban J connectivity index is 1.84. The van der Waals surface area contributed by atoms with E-state index in [1.807, 2.05) is 0 Å². The number of rotatable bonds is 4. The normalized spacial score (nSPS) is 16.4. The van der Waals surface area contributed by atoms with E-state index < -0.39 is 0 Å². The molecule has 1 fully saturated rings. The quantitative estimate of drug-likeness (QED) is 0.705. The summed E-state index contributed by atoms with van der Waals surface area (Å²) in [6.07, 6.45) is 2.59. The number of hydrogen-bond acceptors (Lipinski definition) is 4. The van der Waals surface area contributed by atoms with Crippen molar-refractivity contribution in [2.24, 2.45) is 5.92 Å². The zero-order chi connectivity index (χ0) is 8.39. The Morgan fingerprint density at radius 1 is 1.50 bits per heavy atom. The first-order valence-electron chi connectivity index (χ1n) is 3.89. The molecule has 5 heteroatoms. The van der Waals surface area contributed by atoms with Crippen molar-refractivity contribution in [3.05, 3.63) is 5.01 Å². The fourth-order valence-corrected chi connectivity index (χ4v) is 1.59. The number of aromatic nitrogens is 2. The van der Waals surface area contributed by atoms with E-state index in [9.17, 15) is 0 Å². The van der Waals surface area contributed by atoms with Crippen LogP contribution in [0.2, 0.25) is 0 Å². The van der Waals surface area contributed by atoms with E-state index in [2.05, 4.69) is 10.2 Å². The smallest absolute Gasteiger partial charge is 0.294 e. The predicted octanol–water partition coefficient (Wildman–Crippen LogP) is 2.07. The van der Waals surface area contributed by atoms with Gasteiger partial charge in [-0.15, -0.1) is 21.8 Å². The number of hydrogen-bond donors (Lipinski definition) is 0. The summed E-state index contributed by atoms with van der Waals surface area (Å²) in [6, 6.07) is 0. The number of nitrogens with zero attached hydrogens (tertiary/aromatic N) is 2. The van der Waals surface area contributed by atoms with Crippen molar-refractivity contribution in [1.29, 1.82) is 0 Å². The van der Waals surface area contributed by atoms with Gasteiger partial charge in [0.25, 0.3) is 5.19 Å². The van der Waals surface area contributed by atoms with E-state index in [1.165, 1.54) is 24.2 Å². The summed E-state index contributed by atoms with van der Waals surface area (Å²) in [6.45, 7) is 0.789. The van der Waals surface area contributed by atoms with Crippen LogP contribution in [-0.2, 0) is 5.88 Å². The fourth-order valence-electron chi connectivity index (χ4n) is 0.824. The Morgan fingerprint density at radius 3 is 2.92 bits per heavy atom. The molecule has 1 saturated carbocycles. The maximum atomic E-state index is 5.57. The molecule has 66 valence electrons. The van der Waals surface area contributed by atoms with E-state index >= 15 is 0 Å². The van der Waals surface area contributed by atoms with Crippen molar-refractivity contribution in [2.75, 3.05) is 6.61 Å². The maximum absolute atomic E-state index is 5.57. The highest BCUT2D eigenvalue weighted by molar-refractivity contribution is 7.13. The predicted molar refractivity (Wildman–Crippen MR) is 47.7 cm³/mol. The molecule has 0 aliphatic heterocycles. The Hall–Kier alpha value is -0.350. The summed E-state index contributed by atoms with van der Waals surface area (Å²) in [5.74, 6) is 1.18. The van der Waals surface area contributed by atoms with Gasteiger partial charge >= 0.3 is 0 Å². The van der Waals surface area contributed by atoms with Crippen molar-refractivity contribution in [3.8, 4) is 5.19 Å². The molecule has 1 heterocycles. The maximum Gasteiger partial charge on any atom is 0.294 e. The standard InChI is InChI=1S/C7H9ClN2OS/c8-3-6-9-10-7(12-6)11-4-5-1-2-5/h5H,1-4H2. The zero-order valence-electron chi connectivity index (χ0n) is 6.49. The summed E-state index contributed by atoms with van der Waals surface area (Å²) in [5, 5.41) is 9.17. The van der Waals surface area contributed by atoms with Crippen molar-refractivity contribution in [2.45, 2.75) is 18.7 Å². The Morgan fingerprint density at radius 2 is 2.33 bits per heavy atom. The molecule has 1 aliphatic carbocycles. The summed E-state index contributed by atoms with van der Waals surface area (Å²) >= 11 is 6.99. The lowest BCUT2D eigenvalue weighted by Crippen LogP contribution is -1.97. The van der Waals surface area contributed by atoms with Gasteiger partial charge in [0.05, 0.1) is 12.5 Å². The zero-order valence-corrected chi connectivity index (χ0v) is 8.07. The summed E-state index contributed by atoms with van der Waals surface area (Å²) in [5.41, 5.74) is 0. The van der Waals surface area contributed by atoms with Crippen LogP contribution in [0, 0.1) is 5.92 Å². The monoisotopic (exact) mass is 204 g/mol. The van der Waals surface area contributed by atoms with Gasteiger partial charge in [0.1, 0.15) is 5.01 Å². The van der Waals surface area contributed by atoms with Crippen LogP contribution in [-0.4, -0.2) is 16.8 Å². The first-order valence-corrected chi connectivity index (χ1v) is 5.24. The largest absolute Gasteiger partial charge is 0.469 e. The molecule has 1 aromatic rings. The third-order valence-electron chi connectivity index (χ3n) is 1.70. The lowest BCUT2D eigenvalue weighted by molar-refractivity contribution is 0.296.